The van der Waals surface area contributed by atoms with E-state index in [-0.39, 0.29) is 17.6 Å². The number of amides is 3. The Morgan fingerprint density at radius 2 is 1.89 bits per heavy atom. The lowest BCUT2D eigenvalue weighted by molar-refractivity contribution is -0.154. The van der Waals surface area contributed by atoms with Crippen molar-refractivity contribution in [3.8, 4) is 22.7 Å². The molecule has 4 heterocycles. The van der Waals surface area contributed by atoms with E-state index in [1.165, 1.54) is 19.4 Å². The highest BCUT2D eigenvalue weighted by molar-refractivity contribution is 5.96. The third-order valence-electron chi connectivity index (χ3n) is 7.80. The molecule has 46 heavy (non-hydrogen) atoms. The number of urea groups is 1. The molecule has 1 saturated heterocycles. The minimum absolute atomic E-state index is 0.174. The molecule has 1 aliphatic carbocycles. The van der Waals surface area contributed by atoms with Crippen molar-refractivity contribution in [1.29, 1.82) is 0 Å². The van der Waals surface area contributed by atoms with Crippen LogP contribution < -0.4 is 20.7 Å². The Hall–Kier alpha value is -4.92. The van der Waals surface area contributed by atoms with Gasteiger partial charge in [0.05, 0.1) is 31.1 Å². The van der Waals surface area contributed by atoms with E-state index >= 15 is 0 Å². The molecule has 0 radical (unpaired) electrons. The topological polar surface area (TPSA) is 145 Å². The molecular weight excluding hydrogens is 595 g/mol. The average Bonchev–Trinajstić information content (AvgIpc) is 3.70. The molecular formula is C32H35FN8O5. The van der Waals surface area contributed by atoms with Crippen LogP contribution in [0.2, 0.25) is 0 Å². The van der Waals surface area contributed by atoms with E-state index in [1.807, 2.05) is 37.3 Å². The van der Waals surface area contributed by atoms with E-state index < -0.39 is 24.1 Å². The Morgan fingerprint density at radius 1 is 1.09 bits per heavy atom. The third kappa shape index (κ3) is 6.83. The highest BCUT2D eigenvalue weighted by Gasteiger charge is 2.37. The molecule has 3 aromatic heterocycles. The van der Waals surface area contributed by atoms with Crippen LogP contribution in [0, 0.1) is 12.9 Å². The van der Waals surface area contributed by atoms with Crippen molar-refractivity contribution in [3.63, 3.8) is 0 Å². The predicted molar refractivity (Wildman–Crippen MR) is 166 cm³/mol. The monoisotopic (exact) mass is 630 g/mol. The smallest absolute Gasteiger partial charge is 0.320 e. The van der Waals surface area contributed by atoms with Crippen LogP contribution in [0.15, 0.2) is 60.9 Å². The maximum absolute atomic E-state index is 14.0. The molecule has 0 spiro atoms. The van der Waals surface area contributed by atoms with E-state index in [0.717, 1.165) is 12.8 Å². The molecule has 1 saturated carbocycles. The highest BCUT2D eigenvalue weighted by Crippen LogP contribution is 2.34. The number of nitrogens with zero attached hydrogens (tertiary/aromatic N) is 5. The second-order valence-electron chi connectivity index (χ2n) is 11.1. The van der Waals surface area contributed by atoms with Gasteiger partial charge < -0.3 is 20.1 Å². The zero-order valence-electron chi connectivity index (χ0n) is 25.7. The van der Waals surface area contributed by atoms with Crippen LogP contribution in [0.25, 0.3) is 16.9 Å². The van der Waals surface area contributed by atoms with Crippen LogP contribution >= 0.6 is 0 Å². The second-order valence-corrected chi connectivity index (χ2v) is 11.1. The number of halogens is 1. The highest BCUT2D eigenvalue weighted by atomic mass is 19.1. The van der Waals surface area contributed by atoms with Crippen LogP contribution in [-0.4, -0.2) is 82.7 Å². The largest absolute Gasteiger partial charge is 0.494 e. The second kappa shape index (κ2) is 13.6. The number of para-hydroxylation sites is 1. The zero-order valence-corrected chi connectivity index (χ0v) is 25.7. The standard InChI is InChI=1S/C32H35FN8O5/c1-19-27(21-15-25(45-3)28(35-17-21)31(42)36-22-9-10-22)39-41(23-7-5-4-6-8-23)30(19)38-32(43)37-24-18-40(13-14-44-2)46-29(24)20-11-12-34-26(33)16-20/h4-8,11-12,15-17,22,24,29H,9-10,13-14,18H2,1-3H3,(H,36,42)(H2,37,38,43)/t24-,29+/m1/s1. The van der Waals surface area contributed by atoms with Gasteiger partial charge in [0.25, 0.3) is 5.91 Å². The van der Waals surface area contributed by atoms with Crippen molar-refractivity contribution < 1.29 is 28.3 Å². The third-order valence-corrected chi connectivity index (χ3v) is 7.80. The van der Waals surface area contributed by atoms with E-state index in [4.69, 9.17) is 19.4 Å². The number of carbonyl (C=O) groups is 2. The SMILES string of the molecule is COCCN1C[C@@H](NC(=O)Nc2c(C)c(-c3cnc(C(=O)NC4CC4)c(OC)c3)nn2-c2ccccc2)[C@H](c2ccnc(F)c2)O1. The number of anilines is 1. The van der Waals surface area contributed by atoms with Gasteiger partial charge in [0.2, 0.25) is 5.95 Å². The number of pyridine rings is 2. The number of rotatable bonds is 11. The van der Waals surface area contributed by atoms with Crippen molar-refractivity contribution >= 4 is 17.8 Å². The van der Waals surface area contributed by atoms with Crippen molar-refractivity contribution in [1.82, 2.24) is 35.4 Å². The number of hydroxylamine groups is 2. The van der Waals surface area contributed by atoms with Crippen LogP contribution in [0.5, 0.6) is 5.75 Å². The summed E-state index contributed by atoms with van der Waals surface area (Å²) in [4.78, 5) is 40.5. The molecule has 2 fully saturated rings. The quantitative estimate of drug-likeness (QED) is 0.211. The van der Waals surface area contributed by atoms with E-state index in [0.29, 0.717) is 59.3 Å². The maximum Gasteiger partial charge on any atom is 0.320 e. The maximum atomic E-state index is 14.0. The number of ether oxygens (including phenoxy) is 2. The minimum Gasteiger partial charge on any atom is -0.494 e. The normalized spacial score (nSPS) is 17.9. The number of carbonyl (C=O) groups excluding carboxylic acids is 2. The first-order chi connectivity index (χ1) is 22.3. The van der Waals surface area contributed by atoms with Gasteiger partial charge in [0, 0.05) is 49.8 Å². The van der Waals surface area contributed by atoms with Crippen LogP contribution in [0.3, 0.4) is 0 Å². The molecule has 2 atom stereocenters. The van der Waals surface area contributed by atoms with Crippen LogP contribution in [0.1, 0.15) is 40.6 Å². The van der Waals surface area contributed by atoms with E-state index in [9.17, 15) is 14.0 Å². The molecule has 2 aliphatic rings. The molecule has 1 aliphatic heterocycles. The van der Waals surface area contributed by atoms with Crippen molar-refractivity contribution in [2.45, 2.75) is 38.0 Å². The predicted octanol–water partition coefficient (Wildman–Crippen LogP) is 3.80. The molecule has 13 nitrogen and oxygen atoms in total. The Kier molecular flexibility index (Phi) is 9.19. The Bertz CT molecular complexity index is 1710. The number of hydrogen-bond acceptors (Lipinski definition) is 9. The van der Waals surface area contributed by atoms with Crippen LogP contribution in [-0.2, 0) is 9.57 Å². The van der Waals surface area contributed by atoms with Gasteiger partial charge in [-0.25, -0.2) is 19.4 Å². The van der Waals surface area contributed by atoms with Gasteiger partial charge in [-0.1, -0.05) is 18.2 Å². The van der Waals surface area contributed by atoms with Crippen LogP contribution in [0.4, 0.5) is 15.0 Å². The summed E-state index contributed by atoms with van der Waals surface area (Å²) >= 11 is 0. The average molecular weight is 631 g/mol. The first-order valence-corrected chi connectivity index (χ1v) is 14.9. The molecule has 6 rings (SSSR count). The number of benzene rings is 1. The lowest BCUT2D eigenvalue weighted by Crippen LogP contribution is -2.42. The zero-order chi connectivity index (χ0) is 32.2. The van der Waals surface area contributed by atoms with Gasteiger partial charge in [-0.15, -0.1) is 0 Å². The van der Waals surface area contributed by atoms with Crippen molar-refractivity contribution in [3.05, 3.63) is 83.7 Å². The molecule has 4 aromatic rings. The molecule has 0 unspecified atom stereocenters. The summed E-state index contributed by atoms with van der Waals surface area (Å²) in [6.07, 6.45) is 4.19. The Labute approximate surface area is 265 Å². The van der Waals surface area contributed by atoms with Gasteiger partial charge in [0.1, 0.15) is 11.9 Å². The first-order valence-electron chi connectivity index (χ1n) is 14.9. The summed E-state index contributed by atoms with van der Waals surface area (Å²) in [6, 6.07) is 13.2. The summed E-state index contributed by atoms with van der Waals surface area (Å²) in [5, 5.41) is 15.4. The minimum atomic E-state index is -0.648. The van der Waals surface area contributed by atoms with Crippen molar-refractivity contribution in [2.24, 2.45) is 0 Å². The number of nitrogens with one attached hydrogen (secondary N) is 3. The molecule has 0 bridgehead atoms. The number of aromatic nitrogens is 4. The van der Waals surface area contributed by atoms with Gasteiger partial charge in [-0.3, -0.25) is 14.9 Å². The summed E-state index contributed by atoms with van der Waals surface area (Å²) < 4.78 is 26.4. The Morgan fingerprint density at radius 3 is 2.61 bits per heavy atom. The molecule has 3 N–H and O–H groups in total. The van der Waals surface area contributed by atoms with E-state index in [2.05, 4.69) is 25.9 Å². The van der Waals surface area contributed by atoms with Gasteiger partial charge in [-0.05, 0) is 55.7 Å². The fraction of sp³-hybridized carbons (Fsp3) is 0.344. The first kappa shape index (κ1) is 31.1. The molecule has 3 amide bonds. The van der Waals surface area contributed by atoms with Gasteiger partial charge in [0.15, 0.2) is 11.4 Å². The fourth-order valence-corrected chi connectivity index (χ4v) is 5.30. The van der Waals surface area contributed by atoms with Crippen molar-refractivity contribution in [2.75, 3.05) is 39.2 Å². The number of methoxy groups -OCH3 is 2. The lowest BCUT2D eigenvalue weighted by atomic mass is 10.0. The van der Waals surface area contributed by atoms with Gasteiger partial charge in [-0.2, -0.15) is 14.6 Å². The Balaban J connectivity index is 1.28. The molecule has 14 heteroatoms. The number of hydrogen-bond donors (Lipinski definition) is 3. The fourth-order valence-electron chi connectivity index (χ4n) is 5.30. The lowest BCUT2D eigenvalue weighted by Gasteiger charge is -2.19. The molecule has 240 valence electrons. The summed E-state index contributed by atoms with van der Waals surface area (Å²) in [6.45, 7) is 3.06. The summed E-state index contributed by atoms with van der Waals surface area (Å²) in [5.74, 6) is -0.192. The summed E-state index contributed by atoms with van der Waals surface area (Å²) in [5.41, 5.74) is 3.26. The molecule has 1 aromatic carbocycles. The van der Waals surface area contributed by atoms with Gasteiger partial charge >= 0.3 is 6.03 Å². The summed E-state index contributed by atoms with van der Waals surface area (Å²) in [7, 11) is 3.08. The van der Waals surface area contributed by atoms with E-state index in [1.54, 1.807) is 35.2 Å².